The van der Waals surface area contributed by atoms with Crippen molar-refractivity contribution in [1.29, 1.82) is 0 Å². The van der Waals surface area contributed by atoms with Crippen molar-refractivity contribution in [2.45, 2.75) is 13.8 Å². The van der Waals surface area contributed by atoms with Gasteiger partial charge in [0.15, 0.2) is 18.1 Å². The van der Waals surface area contributed by atoms with Crippen molar-refractivity contribution in [2.75, 3.05) is 50.7 Å². The molecule has 0 fully saturated rings. The van der Waals surface area contributed by atoms with E-state index in [0.717, 1.165) is 5.56 Å². The Balaban J connectivity index is 1.75. The van der Waals surface area contributed by atoms with Crippen LogP contribution in [0.4, 0.5) is 11.4 Å². The summed E-state index contributed by atoms with van der Waals surface area (Å²) >= 11 is 0. The van der Waals surface area contributed by atoms with Crippen molar-refractivity contribution in [2.24, 2.45) is 0 Å². The zero-order chi connectivity index (χ0) is 24.7. The quantitative estimate of drug-likeness (QED) is 0.570. The lowest BCUT2D eigenvalue weighted by Gasteiger charge is -2.31. The maximum atomic E-state index is 12.6. The lowest BCUT2D eigenvalue weighted by atomic mass is 10.1. The van der Waals surface area contributed by atoms with Crippen molar-refractivity contribution in [3.05, 3.63) is 48.0 Å². The monoisotopic (exact) mass is 467 g/mol. The molecule has 2 aromatic rings. The number of hydrogen-bond acceptors (Lipinski definition) is 6. The molecule has 2 aromatic carbocycles. The molecule has 0 bridgehead atoms. The molecule has 0 saturated carbocycles. The summed E-state index contributed by atoms with van der Waals surface area (Å²) in [4.78, 5) is 40.6. The van der Waals surface area contributed by atoms with E-state index in [1.165, 1.54) is 11.0 Å². The molecule has 1 aliphatic heterocycles. The van der Waals surface area contributed by atoms with Crippen molar-refractivity contribution < 1.29 is 28.6 Å². The molecule has 180 valence electrons. The summed E-state index contributed by atoms with van der Waals surface area (Å²) in [5.41, 5.74) is 1.68. The average molecular weight is 468 g/mol. The van der Waals surface area contributed by atoms with E-state index in [4.69, 9.17) is 14.2 Å². The largest absolute Gasteiger partial charge is 0.493 e. The van der Waals surface area contributed by atoms with Gasteiger partial charge in [-0.25, -0.2) is 0 Å². The van der Waals surface area contributed by atoms with E-state index in [1.807, 2.05) is 13.8 Å². The number of amides is 3. The topological polar surface area (TPSA) is 97.4 Å². The molecule has 0 aliphatic carbocycles. The number of nitrogens with one attached hydrogen (secondary N) is 1. The first kappa shape index (κ1) is 24.6. The van der Waals surface area contributed by atoms with Crippen molar-refractivity contribution in [3.63, 3.8) is 0 Å². The van der Waals surface area contributed by atoms with Gasteiger partial charge in [0.1, 0.15) is 12.3 Å². The Morgan fingerprint density at radius 3 is 2.50 bits per heavy atom. The predicted molar refractivity (Wildman–Crippen MR) is 129 cm³/mol. The smallest absolute Gasteiger partial charge is 0.265 e. The number of anilines is 2. The van der Waals surface area contributed by atoms with Gasteiger partial charge in [-0.1, -0.05) is 6.07 Å². The van der Waals surface area contributed by atoms with Crippen LogP contribution in [0, 0.1) is 0 Å². The molecule has 0 spiro atoms. The summed E-state index contributed by atoms with van der Waals surface area (Å²) in [5, 5.41) is 2.78. The molecule has 3 amide bonds. The number of likely N-dealkylation sites (N-methyl/N-ethyl adjacent to an activating group) is 1. The van der Waals surface area contributed by atoms with Crippen LogP contribution in [-0.2, 0) is 14.4 Å². The van der Waals surface area contributed by atoms with Gasteiger partial charge in [0.2, 0.25) is 11.8 Å². The number of carbonyl (C=O) groups is 3. The molecule has 0 atom stereocenters. The Kier molecular flexibility index (Phi) is 8.13. The predicted octanol–water partition coefficient (Wildman–Crippen LogP) is 2.95. The molecule has 1 N–H and O–H groups in total. The average Bonchev–Trinajstić information content (AvgIpc) is 2.85. The number of fused-ring (bicyclic) bond motifs is 1. The summed E-state index contributed by atoms with van der Waals surface area (Å²) in [6.07, 6.45) is 3.04. The molecule has 0 unspecified atom stereocenters. The minimum Gasteiger partial charge on any atom is -0.493 e. The van der Waals surface area contributed by atoms with E-state index in [0.29, 0.717) is 41.7 Å². The van der Waals surface area contributed by atoms with Crippen LogP contribution in [-0.4, -0.2) is 63.1 Å². The molecule has 0 aromatic heterocycles. The molecule has 9 nitrogen and oxygen atoms in total. The Labute approximate surface area is 198 Å². The van der Waals surface area contributed by atoms with Gasteiger partial charge in [0.05, 0.1) is 19.9 Å². The van der Waals surface area contributed by atoms with Crippen LogP contribution in [0.2, 0.25) is 0 Å². The van der Waals surface area contributed by atoms with Gasteiger partial charge in [0, 0.05) is 24.9 Å². The third-order valence-corrected chi connectivity index (χ3v) is 5.41. The highest BCUT2D eigenvalue weighted by Gasteiger charge is 2.28. The number of ether oxygens (including phenoxy) is 3. The Morgan fingerprint density at radius 1 is 1.09 bits per heavy atom. The number of hydrogen-bond donors (Lipinski definition) is 1. The summed E-state index contributed by atoms with van der Waals surface area (Å²) < 4.78 is 16.0. The zero-order valence-corrected chi connectivity index (χ0v) is 19.8. The molecule has 3 rings (SSSR count). The Morgan fingerprint density at radius 2 is 1.82 bits per heavy atom. The van der Waals surface area contributed by atoms with E-state index >= 15 is 0 Å². The SMILES string of the molecule is CCN(CC)C(=O)CN1C(=O)COc2ccc(NC(=O)/C=C/c3ccc(OC)c(OC)c3)cc21. The molecule has 0 saturated heterocycles. The number of carbonyl (C=O) groups excluding carboxylic acids is 3. The van der Waals surface area contributed by atoms with Crippen LogP contribution in [0.5, 0.6) is 17.2 Å². The van der Waals surface area contributed by atoms with E-state index in [9.17, 15) is 14.4 Å². The fraction of sp³-hybridized carbons (Fsp3) is 0.320. The van der Waals surface area contributed by atoms with Gasteiger partial charge in [-0.05, 0) is 55.8 Å². The highest BCUT2D eigenvalue weighted by atomic mass is 16.5. The molecule has 9 heteroatoms. The second-order valence-electron chi connectivity index (χ2n) is 7.45. The number of benzene rings is 2. The van der Waals surface area contributed by atoms with Crippen molar-refractivity contribution >= 4 is 35.2 Å². The minimum absolute atomic E-state index is 0.0898. The molecule has 0 radical (unpaired) electrons. The van der Waals surface area contributed by atoms with Gasteiger partial charge in [-0.3, -0.25) is 19.3 Å². The van der Waals surface area contributed by atoms with Gasteiger partial charge in [0.25, 0.3) is 5.91 Å². The van der Waals surface area contributed by atoms with Crippen molar-refractivity contribution in [1.82, 2.24) is 4.90 Å². The first-order chi connectivity index (χ1) is 16.4. The van der Waals surface area contributed by atoms with E-state index in [-0.39, 0.29) is 30.9 Å². The molecule has 1 aliphatic rings. The molecular weight excluding hydrogens is 438 g/mol. The standard InChI is InChI=1S/C25H29N3O6/c1-5-27(6-2)24(30)15-28-19-14-18(9-11-20(19)34-16-25(28)31)26-23(29)12-8-17-7-10-21(32-3)22(13-17)33-4/h7-14H,5-6,15-16H2,1-4H3,(H,26,29)/b12-8+. The molecule has 34 heavy (non-hydrogen) atoms. The molecule has 1 heterocycles. The molecular formula is C25H29N3O6. The highest BCUT2D eigenvalue weighted by Crippen LogP contribution is 2.34. The Hall–Kier alpha value is -4.01. The Bertz CT molecular complexity index is 1090. The van der Waals surface area contributed by atoms with Crippen LogP contribution in [0.3, 0.4) is 0 Å². The van der Waals surface area contributed by atoms with Crippen LogP contribution in [0.25, 0.3) is 6.08 Å². The second-order valence-corrected chi connectivity index (χ2v) is 7.45. The lowest BCUT2D eigenvalue weighted by Crippen LogP contribution is -2.46. The highest BCUT2D eigenvalue weighted by molar-refractivity contribution is 6.05. The fourth-order valence-electron chi connectivity index (χ4n) is 3.58. The van der Waals surface area contributed by atoms with Crippen LogP contribution in [0.1, 0.15) is 19.4 Å². The maximum absolute atomic E-state index is 12.6. The third kappa shape index (κ3) is 5.67. The fourth-order valence-corrected chi connectivity index (χ4v) is 3.58. The van der Waals surface area contributed by atoms with Gasteiger partial charge in [-0.15, -0.1) is 0 Å². The number of rotatable bonds is 9. The normalized spacial score (nSPS) is 12.7. The van der Waals surface area contributed by atoms with Gasteiger partial charge < -0.3 is 24.4 Å². The van der Waals surface area contributed by atoms with Crippen molar-refractivity contribution in [3.8, 4) is 17.2 Å². The van der Waals surface area contributed by atoms with E-state index in [2.05, 4.69) is 5.32 Å². The summed E-state index contributed by atoms with van der Waals surface area (Å²) in [7, 11) is 3.10. The lowest BCUT2D eigenvalue weighted by molar-refractivity contribution is -0.131. The third-order valence-electron chi connectivity index (χ3n) is 5.41. The zero-order valence-electron chi connectivity index (χ0n) is 19.8. The van der Waals surface area contributed by atoms with Gasteiger partial charge >= 0.3 is 0 Å². The number of methoxy groups -OCH3 is 2. The van der Waals surface area contributed by atoms with Gasteiger partial charge in [-0.2, -0.15) is 0 Å². The van der Waals surface area contributed by atoms with Crippen LogP contribution in [0.15, 0.2) is 42.5 Å². The van der Waals surface area contributed by atoms with Crippen LogP contribution >= 0.6 is 0 Å². The summed E-state index contributed by atoms with van der Waals surface area (Å²) in [6, 6.07) is 10.3. The first-order valence-corrected chi connectivity index (χ1v) is 11.0. The van der Waals surface area contributed by atoms with Crippen LogP contribution < -0.4 is 24.4 Å². The number of nitrogens with zero attached hydrogens (tertiary/aromatic N) is 2. The second kappa shape index (κ2) is 11.2. The van der Waals surface area contributed by atoms with E-state index in [1.54, 1.807) is 61.6 Å². The minimum atomic E-state index is -0.358. The summed E-state index contributed by atoms with van der Waals surface area (Å²) in [6.45, 7) is 4.66. The first-order valence-electron chi connectivity index (χ1n) is 11.0. The maximum Gasteiger partial charge on any atom is 0.265 e. The summed E-state index contributed by atoms with van der Waals surface area (Å²) in [5.74, 6) is 0.806. The van der Waals surface area contributed by atoms with E-state index < -0.39 is 0 Å².